The maximum absolute atomic E-state index is 13.0. The van der Waals surface area contributed by atoms with Gasteiger partial charge in [-0.2, -0.15) is 0 Å². The molecule has 0 N–H and O–H groups in total. The molecule has 0 amide bonds. The maximum atomic E-state index is 13.0. The first kappa shape index (κ1) is 35.1. The molecule has 1 heterocycles. The van der Waals surface area contributed by atoms with Crippen LogP contribution in [0.2, 0.25) is 0 Å². The monoisotopic (exact) mass is 678 g/mol. The second kappa shape index (κ2) is 14.4. The van der Waals surface area contributed by atoms with Gasteiger partial charge in [-0.1, -0.05) is 95.9 Å². The summed E-state index contributed by atoms with van der Waals surface area (Å²) in [7, 11) is 0. The van der Waals surface area contributed by atoms with Gasteiger partial charge in [-0.3, -0.25) is 0 Å². The molecule has 0 saturated heterocycles. The number of carbonyl (C=O) groups excluding carboxylic acids is 1. The van der Waals surface area contributed by atoms with Crippen molar-refractivity contribution in [1.29, 1.82) is 0 Å². The van der Waals surface area contributed by atoms with E-state index in [0.717, 1.165) is 71.3 Å². The van der Waals surface area contributed by atoms with E-state index >= 15 is 0 Å². The number of fused-ring (bicyclic) bond motifs is 6. The highest BCUT2D eigenvalue weighted by atomic mass is 16.6. The van der Waals surface area contributed by atoms with E-state index in [-0.39, 0.29) is 24.1 Å². The molecule has 5 heteroatoms. The van der Waals surface area contributed by atoms with Gasteiger partial charge in [-0.15, -0.1) is 0 Å². The fourth-order valence-electron chi connectivity index (χ4n) is 11.1. The Morgan fingerprint density at radius 2 is 1.76 bits per heavy atom. The van der Waals surface area contributed by atoms with E-state index < -0.39 is 5.63 Å². The Morgan fingerprint density at radius 1 is 0.940 bits per heavy atom. The van der Waals surface area contributed by atoms with E-state index in [0.29, 0.717) is 16.7 Å². The lowest BCUT2D eigenvalue weighted by molar-refractivity contribution is -0.154. The molecule has 3 aromatic rings. The molecular weight excluding hydrogens is 620 g/mol. The van der Waals surface area contributed by atoms with Crippen LogP contribution in [-0.2, 0) is 9.53 Å². The zero-order valence-corrected chi connectivity index (χ0v) is 31.0. The molecule has 268 valence electrons. The SMILES string of the molecule is CC(C)CCC[C@@H](C)[C@H]1CC[C@H]2[C@H]3CC=C4C[C@@H](OC(=O)COc5ccc6c(-c7ccccc7)cc(=O)oc6c5)CC[C@]4(C)[C@@H]3CC[C@]2(C)C1. The molecule has 8 atom stereocenters. The molecule has 2 aromatic carbocycles. The average Bonchev–Trinajstić information content (AvgIpc) is 3.09. The van der Waals surface area contributed by atoms with Crippen molar-refractivity contribution in [3.8, 4) is 16.9 Å². The van der Waals surface area contributed by atoms with Gasteiger partial charge in [0.1, 0.15) is 17.4 Å². The molecule has 4 aliphatic carbocycles. The normalized spacial score (nSPS) is 31.2. The highest BCUT2D eigenvalue weighted by Gasteiger charge is 2.56. The van der Waals surface area contributed by atoms with Crippen molar-refractivity contribution in [1.82, 2.24) is 0 Å². The van der Waals surface area contributed by atoms with Crippen LogP contribution >= 0.6 is 0 Å². The minimum atomic E-state index is -0.423. The van der Waals surface area contributed by atoms with E-state index in [1.807, 2.05) is 42.5 Å². The van der Waals surface area contributed by atoms with Gasteiger partial charge in [0, 0.05) is 23.9 Å². The number of carbonyl (C=O) groups is 1. The van der Waals surface area contributed by atoms with Crippen LogP contribution in [0.25, 0.3) is 22.1 Å². The van der Waals surface area contributed by atoms with Gasteiger partial charge in [-0.05, 0) is 121 Å². The minimum absolute atomic E-state index is 0.105. The number of hydrogen-bond acceptors (Lipinski definition) is 5. The summed E-state index contributed by atoms with van der Waals surface area (Å²) < 4.78 is 17.4. The van der Waals surface area contributed by atoms with Crippen molar-refractivity contribution in [2.75, 3.05) is 6.61 Å². The van der Waals surface area contributed by atoms with E-state index in [1.165, 1.54) is 69.4 Å². The number of esters is 1. The smallest absolute Gasteiger partial charge is 0.344 e. The van der Waals surface area contributed by atoms with Crippen molar-refractivity contribution >= 4 is 16.9 Å². The van der Waals surface area contributed by atoms with Crippen LogP contribution in [0.3, 0.4) is 0 Å². The third kappa shape index (κ3) is 7.08. The van der Waals surface area contributed by atoms with Crippen molar-refractivity contribution < 1.29 is 18.7 Å². The number of rotatable bonds is 10. The summed E-state index contributed by atoms with van der Waals surface area (Å²) in [4.78, 5) is 25.4. The number of ether oxygens (including phenoxy) is 2. The number of allylic oxidation sites excluding steroid dienone is 1. The van der Waals surface area contributed by atoms with Crippen LogP contribution in [0.5, 0.6) is 5.75 Å². The minimum Gasteiger partial charge on any atom is -0.482 e. The molecule has 5 nitrogen and oxygen atoms in total. The van der Waals surface area contributed by atoms with Crippen molar-refractivity contribution in [2.24, 2.45) is 46.3 Å². The Bertz CT molecular complexity index is 1750. The topological polar surface area (TPSA) is 65.7 Å². The van der Waals surface area contributed by atoms with Crippen LogP contribution in [-0.4, -0.2) is 18.7 Å². The average molecular weight is 679 g/mol. The van der Waals surface area contributed by atoms with Crippen LogP contribution in [0.15, 0.2) is 75.5 Å². The first-order valence-electron chi connectivity index (χ1n) is 19.7. The fourth-order valence-corrected chi connectivity index (χ4v) is 11.1. The predicted molar refractivity (Wildman–Crippen MR) is 201 cm³/mol. The molecule has 4 aliphatic rings. The molecule has 0 bridgehead atoms. The second-order valence-electron chi connectivity index (χ2n) is 17.4. The quantitative estimate of drug-likeness (QED) is 0.121. The fraction of sp³-hybridized carbons (Fsp3) is 0.600. The lowest BCUT2D eigenvalue weighted by Crippen LogP contribution is -2.52. The zero-order valence-electron chi connectivity index (χ0n) is 31.0. The van der Waals surface area contributed by atoms with Crippen LogP contribution in [0.4, 0.5) is 0 Å². The molecule has 0 aliphatic heterocycles. The van der Waals surface area contributed by atoms with Gasteiger partial charge in [0.2, 0.25) is 0 Å². The standard InChI is InChI=1S/C45H58O5/c1-29(2)10-9-11-30(3)32-14-19-39-37-17-15-33-24-35(20-23-45(33,5)40(37)21-22-44(39,4)27-32)49-43(47)28-48-34-16-18-36-38(31-12-7-6-8-13-31)26-42(46)50-41(36)25-34/h6-8,12-13,15-16,18,25-26,29-30,32,35,37,39-40H,9-11,14,17,19-24,27-28H2,1-5H3/t30-,32+,35+,37-,39+,40-,44-,45+/m1/s1. The zero-order chi connectivity index (χ0) is 35.0. The van der Waals surface area contributed by atoms with Gasteiger partial charge in [0.05, 0.1) is 0 Å². The Balaban J connectivity index is 0.945. The number of benzene rings is 2. The van der Waals surface area contributed by atoms with Gasteiger partial charge in [-0.25, -0.2) is 9.59 Å². The highest BCUT2D eigenvalue weighted by molar-refractivity contribution is 5.93. The summed E-state index contributed by atoms with van der Waals surface area (Å²) in [5.41, 5.74) is 3.99. The maximum Gasteiger partial charge on any atom is 0.344 e. The molecule has 1 aromatic heterocycles. The highest BCUT2D eigenvalue weighted by Crippen LogP contribution is 2.65. The molecule has 3 fully saturated rings. The Morgan fingerprint density at radius 3 is 2.56 bits per heavy atom. The van der Waals surface area contributed by atoms with Gasteiger partial charge in [0.25, 0.3) is 0 Å². The van der Waals surface area contributed by atoms with Crippen LogP contribution < -0.4 is 10.4 Å². The molecule has 0 spiro atoms. The summed E-state index contributed by atoms with van der Waals surface area (Å²) in [6.45, 7) is 12.3. The van der Waals surface area contributed by atoms with Crippen LogP contribution in [0.1, 0.15) is 112 Å². The van der Waals surface area contributed by atoms with Crippen LogP contribution in [0, 0.1) is 46.3 Å². The summed E-state index contributed by atoms with van der Waals surface area (Å²) in [5, 5.41) is 0.816. The summed E-state index contributed by atoms with van der Waals surface area (Å²) in [6, 6.07) is 16.7. The third-order valence-electron chi connectivity index (χ3n) is 13.9. The molecule has 3 saturated carbocycles. The third-order valence-corrected chi connectivity index (χ3v) is 13.9. The largest absolute Gasteiger partial charge is 0.482 e. The molecule has 7 rings (SSSR count). The van der Waals surface area contributed by atoms with Crippen molar-refractivity contribution in [3.05, 3.63) is 76.7 Å². The Kier molecular flexibility index (Phi) is 10.1. The van der Waals surface area contributed by atoms with E-state index in [1.54, 1.807) is 6.07 Å². The first-order chi connectivity index (χ1) is 24.0. The van der Waals surface area contributed by atoms with E-state index in [4.69, 9.17) is 13.9 Å². The molecule has 0 radical (unpaired) electrons. The van der Waals surface area contributed by atoms with E-state index in [9.17, 15) is 9.59 Å². The summed E-state index contributed by atoms with van der Waals surface area (Å²) in [5.74, 6) is 5.07. The molecule has 0 unspecified atom stereocenters. The second-order valence-corrected chi connectivity index (χ2v) is 17.4. The van der Waals surface area contributed by atoms with Crippen molar-refractivity contribution in [2.45, 2.75) is 118 Å². The number of hydrogen-bond donors (Lipinski definition) is 0. The molecule has 50 heavy (non-hydrogen) atoms. The van der Waals surface area contributed by atoms with Gasteiger partial charge >= 0.3 is 11.6 Å². The van der Waals surface area contributed by atoms with Gasteiger partial charge < -0.3 is 13.9 Å². The van der Waals surface area contributed by atoms with Crippen molar-refractivity contribution in [3.63, 3.8) is 0 Å². The lowest BCUT2D eigenvalue weighted by Gasteiger charge is -2.61. The molecular formula is C45H58O5. The Hall–Kier alpha value is -3.34. The Labute approximate surface area is 299 Å². The summed E-state index contributed by atoms with van der Waals surface area (Å²) in [6.07, 6.45) is 17.6. The lowest BCUT2D eigenvalue weighted by atomic mass is 9.44. The summed E-state index contributed by atoms with van der Waals surface area (Å²) >= 11 is 0. The first-order valence-corrected chi connectivity index (χ1v) is 19.7. The van der Waals surface area contributed by atoms with E-state index in [2.05, 4.69) is 40.7 Å². The predicted octanol–water partition coefficient (Wildman–Crippen LogP) is 11.2. The van der Waals surface area contributed by atoms with Gasteiger partial charge in [0.15, 0.2) is 6.61 Å².